The number of esters is 1. The minimum atomic E-state index is -0.520. The van der Waals surface area contributed by atoms with Crippen LogP contribution < -0.4 is 14.8 Å². The summed E-state index contributed by atoms with van der Waals surface area (Å²) in [6.45, 7) is 6.38. The molecule has 0 saturated carbocycles. The second-order valence-electron chi connectivity index (χ2n) is 5.58. The molecule has 2 aromatic carbocycles. The molecule has 0 aliphatic rings. The van der Waals surface area contributed by atoms with E-state index >= 15 is 0 Å². The normalized spacial score (nSPS) is 10.2. The molecule has 2 aromatic rings. The average Bonchev–Trinajstić information content (AvgIpc) is 2.69. The van der Waals surface area contributed by atoms with Gasteiger partial charge in [-0.15, -0.1) is 11.8 Å². The molecule has 0 spiro atoms. The Morgan fingerprint density at radius 1 is 0.964 bits per heavy atom. The minimum Gasteiger partial charge on any atom is -0.490 e. The first-order valence-electron chi connectivity index (χ1n) is 9.17. The minimum absolute atomic E-state index is 0.374. The van der Waals surface area contributed by atoms with Crippen molar-refractivity contribution in [1.82, 2.24) is 0 Å². The summed E-state index contributed by atoms with van der Waals surface area (Å²) >= 11 is 1.55. The predicted molar refractivity (Wildman–Crippen MR) is 111 cm³/mol. The molecule has 28 heavy (non-hydrogen) atoms. The highest BCUT2D eigenvalue weighted by atomic mass is 32.2. The van der Waals surface area contributed by atoms with Crippen LogP contribution in [-0.4, -0.2) is 37.4 Å². The fourth-order valence-electron chi connectivity index (χ4n) is 2.45. The van der Waals surface area contributed by atoms with Gasteiger partial charge in [0.25, 0.3) is 5.91 Å². The number of carbonyl (C=O) groups excluding carboxylic acids is 2. The van der Waals surface area contributed by atoms with Crippen molar-refractivity contribution in [2.45, 2.75) is 25.7 Å². The number of anilines is 1. The summed E-state index contributed by atoms with van der Waals surface area (Å²) < 4.78 is 16.2. The molecule has 0 heterocycles. The molecule has 0 radical (unpaired) electrons. The first kappa shape index (κ1) is 21.6. The summed E-state index contributed by atoms with van der Waals surface area (Å²) in [5, 5.41) is 2.70. The van der Waals surface area contributed by atoms with Crippen LogP contribution in [0, 0.1) is 0 Å². The molecule has 0 bridgehead atoms. The van der Waals surface area contributed by atoms with Crippen molar-refractivity contribution in [1.29, 1.82) is 0 Å². The van der Waals surface area contributed by atoms with Gasteiger partial charge in [0.15, 0.2) is 18.1 Å². The maximum atomic E-state index is 12.3. The third kappa shape index (κ3) is 6.20. The van der Waals surface area contributed by atoms with Crippen molar-refractivity contribution in [3.05, 3.63) is 48.0 Å². The molecule has 0 atom stereocenters. The van der Waals surface area contributed by atoms with E-state index in [-0.39, 0.29) is 6.61 Å². The zero-order chi connectivity index (χ0) is 20.4. The van der Waals surface area contributed by atoms with Gasteiger partial charge in [-0.2, -0.15) is 0 Å². The summed E-state index contributed by atoms with van der Waals surface area (Å²) in [5.41, 5.74) is 0.997. The molecule has 0 aromatic heterocycles. The van der Waals surface area contributed by atoms with Crippen LogP contribution in [-0.2, 0) is 9.53 Å². The number of ether oxygens (including phenoxy) is 3. The standard InChI is InChI=1S/C21H25NO5S/c1-4-25-17-12-11-15(13-18(17)26-5-2)22-20(23)14-27-21(24)16-9-7-8-10-19(16)28-6-3/h7-13H,4-6,14H2,1-3H3,(H,22,23). The van der Waals surface area contributed by atoms with Gasteiger partial charge in [0.05, 0.1) is 18.8 Å². The van der Waals surface area contributed by atoms with Crippen LogP contribution in [0.3, 0.4) is 0 Å². The molecule has 6 nitrogen and oxygen atoms in total. The van der Waals surface area contributed by atoms with Gasteiger partial charge in [-0.1, -0.05) is 19.1 Å². The zero-order valence-corrected chi connectivity index (χ0v) is 17.1. The quantitative estimate of drug-likeness (QED) is 0.468. The highest BCUT2D eigenvalue weighted by molar-refractivity contribution is 7.99. The van der Waals surface area contributed by atoms with Crippen LogP contribution in [0.5, 0.6) is 11.5 Å². The van der Waals surface area contributed by atoms with Crippen molar-refractivity contribution in [2.24, 2.45) is 0 Å². The lowest BCUT2D eigenvalue weighted by Gasteiger charge is -2.13. The van der Waals surface area contributed by atoms with E-state index in [1.54, 1.807) is 42.1 Å². The maximum absolute atomic E-state index is 12.3. The van der Waals surface area contributed by atoms with Gasteiger partial charge in [0, 0.05) is 16.6 Å². The number of hydrogen-bond acceptors (Lipinski definition) is 6. The Hall–Kier alpha value is -2.67. The lowest BCUT2D eigenvalue weighted by Crippen LogP contribution is -2.21. The van der Waals surface area contributed by atoms with Gasteiger partial charge in [-0.25, -0.2) is 4.79 Å². The van der Waals surface area contributed by atoms with Gasteiger partial charge in [-0.3, -0.25) is 4.79 Å². The van der Waals surface area contributed by atoms with Crippen LogP contribution >= 0.6 is 11.8 Å². The molecule has 0 unspecified atom stereocenters. The van der Waals surface area contributed by atoms with Crippen LogP contribution in [0.2, 0.25) is 0 Å². The second kappa shape index (κ2) is 11.2. The summed E-state index contributed by atoms with van der Waals surface area (Å²) in [6.07, 6.45) is 0. The van der Waals surface area contributed by atoms with Crippen molar-refractivity contribution in [3.8, 4) is 11.5 Å². The third-order valence-corrected chi connectivity index (χ3v) is 4.52. The molecule has 0 aliphatic heterocycles. The fraction of sp³-hybridized carbons (Fsp3) is 0.333. The first-order chi connectivity index (χ1) is 13.6. The van der Waals surface area contributed by atoms with Crippen LogP contribution in [0.25, 0.3) is 0 Å². The van der Waals surface area contributed by atoms with Crippen molar-refractivity contribution in [2.75, 3.05) is 30.9 Å². The van der Waals surface area contributed by atoms with Gasteiger partial charge in [0.1, 0.15) is 0 Å². The SMILES string of the molecule is CCOc1ccc(NC(=O)COC(=O)c2ccccc2SCC)cc1OCC. The highest BCUT2D eigenvalue weighted by Gasteiger charge is 2.15. The van der Waals surface area contributed by atoms with Gasteiger partial charge in [-0.05, 0) is 43.9 Å². The van der Waals surface area contributed by atoms with E-state index in [0.717, 1.165) is 10.6 Å². The van der Waals surface area contributed by atoms with E-state index in [2.05, 4.69) is 5.32 Å². The third-order valence-electron chi connectivity index (χ3n) is 3.57. The fourth-order valence-corrected chi connectivity index (χ4v) is 3.24. The molecular formula is C21H25NO5S. The van der Waals surface area contributed by atoms with E-state index in [1.807, 2.05) is 32.9 Å². The average molecular weight is 404 g/mol. The van der Waals surface area contributed by atoms with Crippen LogP contribution in [0.1, 0.15) is 31.1 Å². The smallest absolute Gasteiger partial charge is 0.339 e. The first-order valence-corrected chi connectivity index (χ1v) is 10.2. The van der Waals surface area contributed by atoms with Gasteiger partial charge in [0.2, 0.25) is 0 Å². The Morgan fingerprint density at radius 2 is 1.68 bits per heavy atom. The van der Waals surface area contributed by atoms with E-state index in [9.17, 15) is 9.59 Å². The van der Waals surface area contributed by atoms with E-state index < -0.39 is 11.9 Å². The van der Waals surface area contributed by atoms with Crippen molar-refractivity contribution in [3.63, 3.8) is 0 Å². The summed E-state index contributed by atoms with van der Waals surface area (Å²) in [7, 11) is 0. The number of hydrogen-bond donors (Lipinski definition) is 1. The van der Waals surface area contributed by atoms with Crippen molar-refractivity contribution < 1.29 is 23.8 Å². The zero-order valence-electron chi connectivity index (χ0n) is 16.3. The molecule has 150 valence electrons. The topological polar surface area (TPSA) is 73.9 Å². The Kier molecular flexibility index (Phi) is 8.68. The number of carbonyl (C=O) groups is 2. The molecule has 7 heteroatoms. The van der Waals surface area contributed by atoms with Crippen LogP contribution in [0.4, 0.5) is 5.69 Å². The lowest BCUT2D eigenvalue weighted by atomic mass is 10.2. The maximum Gasteiger partial charge on any atom is 0.339 e. The number of rotatable bonds is 10. The van der Waals surface area contributed by atoms with Gasteiger partial charge < -0.3 is 19.5 Å². The highest BCUT2D eigenvalue weighted by Crippen LogP contribution is 2.30. The number of nitrogens with one attached hydrogen (secondary N) is 1. The second-order valence-corrected chi connectivity index (χ2v) is 6.89. The Bertz CT molecular complexity index is 809. The monoisotopic (exact) mass is 403 g/mol. The molecule has 1 N–H and O–H groups in total. The van der Waals surface area contributed by atoms with E-state index in [0.29, 0.717) is 36.0 Å². The molecule has 1 amide bonds. The molecule has 2 rings (SSSR count). The molecule has 0 saturated heterocycles. The Morgan fingerprint density at radius 3 is 2.39 bits per heavy atom. The van der Waals surface area contributed by atoms with E-state index in [4.69, 9.17) is 14.2 Å². The summed E-state index contributed by atoms with van der Waals surface area (Å²) in [4.78, 5) is 25.3. The van der Waals surface area contributed by atoms with E-state index in [1.165, 1.54) is 0 Å². The summed E-state index contributed by atoms with van der Waals surface area (Å²) in [6, 6.07) is 12.3. The summed E-state index contributed by atoms with van der Waals surface area (Å²) in [5.74, 6) is 1.04. The predicted octanol–water partition coefficient (Wildman–Crippen LogP) is 4.39. The Balaban J connectivity index is 1.97. The number of thioether (sulfide) groups is 1. The van der Waals surface area contributed by atoms with Gasteiger partial charge >= 0.3 is 5.97 Å². The molecule has 0 fully saturated rings. The number of amides is 1. The largest absolute Gasteiger partial charge is 0.490 e. The van der Waals surface area contributed by atoms with Crippen molar-refractivity contribution >= 4 is 29.3 Å². The Labute approximate surface area is 169 Å². The lowest BCUT2D eigenvalue weighted by molar-refractivity contribution is -0.119. The molecule has 0 aliphatic carbocycles. The number of benzene rings is 2. The molecular weight excluding hydrogens is 378 g/mol. The van der Waals surface area contributed by atoms with Crippen LogP contribution in [0.15, 0.2) is 47.4 Å².